The van der Waals surface area contributed by atoms with Crippen LogP contribution in [0.3, 0.4) is 0 Å². The number of ether oxygens (including phenoxy) is 2. The number of thiocarbonyl (C=S) groups is 1. The zero-order valence-corrected chi connectivity index (χ0v) is 11.1. The third-order valence-corrected chi connectivity index (χ3v) is 2.32. The number of halogens is 1. The van der Waals surface area contributed by atoms with Gasteiger partial charge in [0, 0.05) is 7.11 Å². The predicted octanol–water partition coefficient (Wildman–Crippen LogP) is 1.52. The first-order valence-corrected chi connectivity index (χ1v) is 5.67. The summed E-state index contributed by atoms with van der Waals surface area (Å²) in [5.41, 5.74) is 5.34. The molecule has 3 N–H and O–H groups in total. The van der Waals surface area contributed by atoms with Crippen LogP contribution in [0.4, 0.5) is 5.82 Å². The van der Waals surface area contributed by atoms with E-state index in [4.69, 9.17) is 27.4 Å². The highest BCUT2D eigenvalue weighted by Gasteiger charge is 2.04. The number of aromatic nitrogens is 1. The molecule has 7 heteroatoms. The fraction of sp³-hybridized carbons (Fsp3) is 0.333. The fourth-order valence-electron chi connectivity index (χ4n) is 0.951. The van der Waals surface area contributed by atoms with Crippen LogP contribution in [0, 0.1) is 0 Å². The third-order valence-electron chi connectivity index (χ3n) is 1.61. The van der Waals surface area contributed by atoms with Crippen molar-refractivity contribution in [1.29, 1.82) is 0 Å². The van der Waals surface area contributed by atoms with E-state index < -0.39 is 0 Å². The average Bonchev–Trinajstić information content (AvgIpc) is 2.22. The molecule has 88 valence electrons. The lowest BCUT2D eigenvalue weighted by Crippen LogP contribution is -2.20. The van der Waals surface area contributed by atoms with Crippen LogP contribution in [-0.2, 0) is 4.74 Å². The topological polar surface area (TPSA) is 69.4 Å². The molecule has 16 heavy (non-hydrogen) atoms. The number of nitrogens with one attached hydrogen (secondary N) is 1. The summed E-state index contributed by atoms with van der Waals surface area (Å²) in [4.78, 5) is 4.11. The Hall–Kier alpha value is -0.920. The van der Waals surface area contributed by atoms with Crippen molar-refractivity contribution < 1.29 is 9.47 Å². The molecule has 1 aromatic heterocycles. The van der Waals surface area contributed by atoms with Crippen molar-refractivity contribution in [3.8, 4) is 5.75 Å². The van der Waals surface area contributed by atoms with Crippen molar-refractivity contribution >= 4 is 39.1 Å². The molecule has 0 aliphatic heterocycles. The molecule has 1 aromatic rings. The maximum Gasteiger partial charge on any atom is 0.169 e. The third kappa shape index (κ3) is 4.30. The molecular weight excluding hydrogens is 294 g/mol. The minimum atomic E-state index is 0.168. The lowest BCUT2D eigenvalue weighted by Gasteiger charge is -2.08. The summed E-state index contributed by atoms with van der Waals surface area (Å²) in [5.74, 6) is 1.21. The van der Waals surface area contributed by atoms with E-state index in [1.165, 1.54) is 0 Å². The molecule has 0 bridgehead atoms. The second-order valence-electron chi connectivity index (χ2n) is 2.83. The van der Waals surface area contributed by atoms with Gasteiger partial charge in [-0.15, -0.1) is 0 Å². The van der Waals surface area contributed by atoms with E-state index in [0.29, 0.717) is 24.8 Å². The molecule has 1 rings (SSSR count). The normalized spacial score (nSPS) is 9.88. The van der Waals surface area contributed by atoms with E-state index in [1.807, 2.05) is 0 Å². The molecule has 0 aliphatic rings. The fourth-order valence-corrected chi connectivity index (χ4v) is 1.47. The van der Waals surface area contributed by atoms with Gasteiger partial charge in [0.25, 0.3) is 0 Å². The first kappa shape index (κ1) is 13.1. The summed E-state index contributed by atoms with van der Waals surface area (Å²) >= 11 is 8.05. The molecule has 5 nitrogen and oxygen atoms in total. The van der Waals surface area contributed by atoms with Gasteiger partial charge in [-0.1, -0.05) is 0 Å². The van der Waals surface area contributed by atoms with Gasteiger partial charge in [-0.2, -0.15) is 0 Å². The maximum absolute atomic E-state index is 5.38. The lowest BCUT2D eigenvalue weighted by atomic mass is 10.4. The van der Waals surface area contributed by atoms with Gasteiger partial charge in [-0.25, -0.2) is 4.98 Å². The Bertz CT molecular complexity index is 376. The SMILES string of the molecule is COCCOc1cnc(NC(N)=S)c(Br)c1. The molecule has 0 saturated heterocycles. The molecule has 1 heterocycles. The Balaban J connectivity index is 2.63. The molecule has 0 saturated carbocycles. The van der Waals surface area contributed by atoms with E-state index in [1.54, 1.807) is 19.4 Å². The maximum atomic E-state index is 5.38. The molecule has 0 atom stereocenters. The highest BCUT2D eigenvalue weighted by atomic mass is 79.9. The minimum Gasteiger partial charge on any atom is -0.490 e. The number of nitrogens with two attached hydrogens (primary N) is 1. The van der Waals surface area contributed by atoms with Crippen LogP contribution in [0.1, 0.15) is 0 Å². The summed E-state index contributed by atoms with van der Waals surface area (Å²) in [6.45, 7) is 1.01. The zero-order valence-electron chi connectivity index (χ0n) is 8.70. The first-order chi connectivity index (χ1) is 7.63. The Labute approximate surface area is 107 Å². The Morgan fingerprint density at radius 3 is 2.94 bits per heavy atom. The van der Waals surface area contributed by atoms with Crippen LogP contribution in [-0.4, -0.2) is 30.4 Å². The minimum absolute atomic E-state index is 0.168. The molecular formula is C9H12BrN3O2S. The Kier molecular flexibility index (Phi) is 5.44. The highest BCUT2D eigenvalue weighted by Crippen LogP contribution is 2.24. The molecule has 0 radical (unpaired) electrons. The molecule has 0 amide bonds. The molecule has 0 spiro atoms. The largest absolute Gasteiger partial charge is 0.490 e. The van der Waals surface area contributed by atoms with Crippen molar-refractivity contribution in [3.63, 3.8) is 0 Å². The van der Waals surface area contributed by atoms with Gasteiger partial charge in [0.05, 0.1) is 17.3 Å². The van der Waals surface area contributed by atoms with E-state index in [-0.39, 0.29) is 5.11 Å². The van der Waals surface area contributed by atoms with Gasteiger partial charge in [0.15, 0.2) is 5.11 Å². The van der Waals surface area contributed by atoms with Gasteiger partial charge in [0.2, 0.25) is 0 Å². The zero-order chi connectivity index (χ0) is 12.0. The standard InChI is InChI=1S/C9H12BrN3O2S/c1-14-2-3-15-6-4-7(10)8(12-5-6)13-9(11)16/h4-5H,2-3H2,1H3,(H3,11,12,13,16). The monoisotopic (exact) mass is 305 g/mol. The molecule has 0 aliphatic carbocycles. The summed E-state index contributed by atoms with van der Waals surface area (Å²) in [7, 11) is 1.62. The number of pyridine rings is 1. The molecule has 0 unspecified atom stereocenters. The van der Waals surface area contributed by atoms with Crippen LogP contribution in [0.25, 0.3) is 0 Å². The van der Waals surface area contributed by atoms with Gasteiger partial charge in [-0.05, 0) is 34.2 Å². The van der Waals surface area contributed by atoms with Gasteiger partial charge < -0.3 is 20.5 Å². The van der Waals surface area contributed by atoms with E-state index in [0.717, 1.165) is 4.47 Å². The summed E-state index contributed by atoms with van der Waals surface area (Å²) in [5, 5.41) is 2.91. The predicted molar refractivity (Wildman–Crippen MR) is 69.7 cm³/mol. The van der Waals surface area contributed by atoms with Crippen LogP contribution < -0.4 is 15.8 Å². The number of rotatable bonds is 5. The molecule has 0 aromatic carbocycles. The summed E-state index contributed by atoms with van der Waals surface area (Å²) in [6, 6.07) is 1.78. The van der Waals surface area contributed by atoms with Crippen molar-refractivity contribution in [2.75, 3.05) is 25.6 Å². The van der Waals surface area contributed by atoms with Gasteiger partial charge in [-0.3, -0.25) is 0 Å². The lowest BCUT2D eigenvalue weighted by molar-refractivity contribution is 0.146. The smallest absolute Gasteiger partial charge is 0.169 e. The average molecular weight is 306 g/mol. The number of anilines is 1. The van der Waals surface area contributed by atoms with Crippen molar-refractivity contribution in [3.05, 3.63) is 16.7 Å². The van der Waals surface area contributed by atoms with Crippen molar-refractivity contribution in [2.45, 2.75) is 0 Å². The summed E-state index contributed by atoms with van der Waals surface area (Å²) in [6.07, 6.45) is 1.58. The summed E-state index contributed by atoms with van der Waals surface area (Å²) < 4.78 is 11.0. The second kappa shape index (κ2) is 6.62. The Morgan fingerprint density at radius 1 is 1.62 bits per heavy atom. The van der Waals surface area contributed by atoms with E-state index >= 15 is 0 Å². The molecule has 0 fully saturated rings. The van der Waals surface area contributed by atoms with Crippen molar-refractivity contribution in [2.24, 2.45) is 5.73 Å². The van der Waals surface area contributed by atoms with E-state index in [9.17, 15) is 0 Å². The Morgan fingerprint density at radius 2 is 2.38 bits per heavy atom. The van der Waals surface area contributed by atoms with Crippen LogP contribution >= 0.6 is 28.1 Å². The van der Waals surface area contributed by atoms with Gasteiger partial charge in [0.1, 0.15) is 18.2 Å². The number of nitrogens with zero attached hydrogens (tertiary/aromatic N) is 1. The van der Waals surface area contributed by atoms with E-state index in [2.05, 4.69) is 26.2 Å². The highest BCUT2D eigenvalue weighted by molar-refractivity contribution is 9.10. The van der Waals surface area contributed by atoms with Crippen LogP contribution in [0.2, 0.25) is 0 Å². The van der Waals surface area contributed by atoms with Crippen LogP contribution in [0.15, 0.2) is 16.7 Å². The quantitative estimate of drug-likeness (QED) is 0.635. The number of methoxy groups -OCH3 is 1. The van der Waals surface area contributed by atoms with Gasteiger partial charge >= 0.3 is 0 Å². The van der Waals surface area contributed by atoms with Crippen molar-refractivity contribution in [1.82, 2.24) is 4.98 Å². The second-order valence-corrected chi connectivity index (χ2v) is 4.13. The first-order valence-electron chi connectivity index (χ1n) is 4.47. The number of hydrogen-bond donors (Lipinski definition) is 2. The van der Waals surface area contributed by atoms with Crippen LogP contribution in [0.5, 0.6) is 5.75 Å². The number of hydrogen-bond acceptors (Lipinski definition) is 4.